The number of para-hydroxylation sites is 1. The van der Waals surface area contributed by atoms with Crippen LogP contribution in [0.1, 0.15) is 43.3 Å². The largest absolute Gasteiger partial charge is 0.357 e. The lowest BCUT2D eigenvalue weighted by molar-refractivity contribution is 0.143. The number of hydrogen-bond donors (Lipinski definition) is 1. The number of aryl methyl sites for hydroxylation is 1. The van der Waals surface area contributed by atoms with E-state index in [9.17, 15) is 0 Å². The Hall–Kier alpha value is -2.92. The molecule has 5 nitrogen and oxygen atoms in total. The average molecular weight is 386 g/mol. The molecule has 0 amide bonds. The van der Waals surface area contributed by atoms with Crippen molar-refractivity contribution in [2.24, 2.45) is 0 Å². The lowest BCUT2D eigenvalue weighted by Gasteiger charge is -2.35. The van der Waals surface area contributed by atoms with Gasteiger partial charge in [-0.1, -0.05) is 60.1 Å². The molecule has 0 aliphatic carbocycles. The lowest BCUT2D eigenvalue weighted by Crippen LogP contribution is -2.34. The number of aromatic amines is 1. The monoisotopic (exact) mass is 386 g/mol. The average Bonchev–Trinajstić information content (AvgIpc) is 3.42. The summed E-state index contributed by atoms with van der Waals surface area (Å²) >= 11 is 0. The summed E-state index contributed by atoms with van der Waals surface area (Å²) in [5.74, 6) is 1.40. The van der Waals surface area contributed by atoms with Gasteiger partial charge in [-0.25, -0.2) is 0 Å². The van der Waals surface area contributed by atoms with Crippen molar-refractivity contribution in [2.75, 3.05) is 13.1 Å². The molecular formula is C24H26N4O. The fourth-order valence-electron chi connectivity index (χ4n) is 4.38. The van der Waals surface area contributed by atoms with E-state index in [2.05, 4.69) is 50.4 Å². The van der Waals surface area contributed by atoms with Crippen molar-refractivity contribution in [2.45, 2.75) is 38.1 Å². The van der Waals surface area contributed by atoms with Gasteiger partial charge in [0.1, 0.15) is 0 Å². The first-order chi connectivity index (χ1) is 14.4. The van der Waals surface area contributed by atoms with Crippen molar-refractivity contribution >= 4 is 10.9 Å². The molecule has 1 aliphatic rings. The number of nitrogens with zero attached hydrogens (tertiary/aromatic N) is 3. The van der Waals surface area contributed by atoms with E-state index in [1.807, 2.05) is 30.3 Å². The molecule has 1 atom stereocenters. The van der Waals surface area contributed by atoms with Crippen LogP contribution in [0.5, 0.6) is 0 Å². The van der Waals surface area contributed by atoms with E-state index in [1.54, 1.807) is 0 Å². The Morgan fingerprint density at radius 2 is 1.90 bits per heavy atom. The smallest absolute Gasteiger partial charge is 0.227 e. The van der Waals surface area contributed by atoms with Crippen LogP contribution in [0.4, 0.5) is 0 Å². The molecule has 3 heterocycles. The van der Waals surface area contributed by atoms with Crippen LogP contribution in [0.3, 0.4) is 0 Å². The highest BCUT2D eigenvalue weighted by Crippen LogP contribution is 2.32. The predicted octanol–water partition coefficient (Wildman–Crippen LogP) is 5.38. The van der Waals surface area contributed by atoms with Gasteiger partial charge in [0, 0.05) is 29.2 Å². The molecule has 148 valence electrons. The van der Waals surface area contributed by atoms with Gasteiger partial charge in [0.15, 0.2) is 0 Å². The van der Waals surface area contributed by atoms with Crippen LogP contribution in [0.2, 0.25) is 0 Å². The number of H-pyrrole nitrogens is 1. The molecule has 1 fully saturated rings. The molecule has 0 radical (unpaired) electrons. The zero-order valence-corrected chi connectivity index (χ0v) is 16.6. The Morgan fingerprint density at radius 3 is 2.79 bits per heavy atom. The van der Waals surface area contributed by atoms with E-state index in [4.69, 9.17) is 4.52 Å². The highest BCUT2D eigenvalue weighted by molar-refractivity contribution is 5.80. The van der Waals surface area contributed by atoms with E-state index in [1.165, 1.54) is 35.9 Å². The molecule has 0 saturated carbocycles. The molecule has 4 aromatic rings. The lowest BCUT2D eigenvalue weighted by atomic mass is 9.99. The summed E-state index contributed by atoms with van der Waals surface area (Å²) < 4.78 is 5.47. The Bertz CT molecular complexity index is 1040. The van der Waals surface area contributed by atoms with E-state index >= 15 is 0 Å². The maximum absolute atomic E-state index is 5.47. The zero-order valence-electron chi connectivity index (χ0n) is 16.6. The first-order valence-corrected chi connectivity index (χ1v) is 10.6. The van der Waals surface area contributed by atoms with Gasteiger partial charge in [0.05, 0.1) is 0 Å². The molecule has 29 heavy (non-hydrogen) atoms. The third kappa shape index (κ3) is 3.96. The first-order valence-electron chi connectivity index (χ1n) is 10.6. The van der Waals surface area contributed by atoms with Crippen molar-refractivity contribution in [1.82, 2.24) is 20.0 Å². The predicted molar refractivity (Wildman–Crippen MR) is 115 cm³/mol. The highest BCUT2D eigenvalue weighted by atomic mass is 16.5. The molecule has 1 N–H and O–H groups in total. The maximum atomic E-state index is 5.47. The second-order valence-corrected chi connectivity index (χ2v) is 7.84. The molecule has 5 heteroatoms. The minimum Gasteiger partial charge on any atom is -0.357 e. The number of fused-ring (bicyclic) bond motifs is 1. The Kier molecular flexibility index (Phi) is 5.13. The number of aromatic nitrogens is 3. The molecule has 5 rings (SSSR count). The van der Waals surface area contributed by atoms with E-state index in [0.29, 0.717) is 11.9 Å². The minimum atomic E-state index is 0.471. The van der Waals surface area contributed by atoms with Crippen molar-refractivity contribution in [3.8, 4) is 11.4 Å². The Morgan fingerprint density at radius 1 is 1.03 bits per heavy atom. The Labute approximate surface area is 170 Å². The maximum Gasteiger partial charge on any atom is 0.227 e. The molecule has 1 saturated heterocycles. The summed E-state index contributed by atoms with van der Waals surface area (Å²) in [6.45, 7) is 2.20. The first kappa shape index (κ1) is 18.1. The quantitative estimate of drug-likeness (QED) is 0.483. The van der Waals surface area contributed by atoms with E-state index in [0.717, 1.165) is 37.4 Å². The van der Waals surface area contributed by atoms with Gasteiger partial charge in [-0.15, -0.1) is 0 Å². The third-order valence-corrected chi connectivity index (χ3v) is 5.86. The number of piperidine rings is 1. The molecule has 1 aliphatic heterocycles. The number of rotatable bonds is 6. The third-order valence-electron chi connectivity index (χ3n) is 5.86. The molecule has 0 spiro atoms. The summed E-state index contributed by atoms with van der Waals surface area (Å²) in [4.78, 5) is 10.8. The fraction of sp³-hybridized carbons (Fsp3) is 0.333. The van der Waals surface area contributed by atoms with Gasteiger partial charge in [0.2, 0.25) is 11.7 Å². The van der Waals surface area contributed by atoms with Crippen molar-refractivity contribution < 1.29 is 4.52 Å². The second kappa shape index (κ2) is 8.21. The van der Waals surface area contributed by atoms with Gasteiger partial charge >= 0.3 is 0 Å². The molecular weight excluding hydrogens is 360 g/mol. The van der Waals surface area contributed by atoms with Crippen LogP contribution >= 0.6 is 0 Å². The van der Waals surface area contributed by atoms with Crippen LogP contribution < -0.4 is 0 Å². The Balaban J connectivity index is 1.23. The summed E-state index contributed by atoms with van der Waals surface area (Å²) in [6, 6.07) is 21.3. The number of hydrogen-bond acceptors (Lipinski definition) is 4. The normalized spacial score (nSPS) is 17.7. The van der Waals surface area contributed by atoms with Crippen LogP contribution in [0, 0.1) is 0 Å². The van der Waals surface area contributed by atoms with Crippen molar-refractivity contribution in [3.05, 3.63) is 72.2 Å². The number of likely N-dealkylation sites (tertiary alicyclic amines) is 1. The summed E-state index contributed by atoms with van der Waals surface area (Å²) in [5.41, 5.74) is 3.57. The summed E-state index contributed by atoms with van der Waals surface area (Å²) in [7, 11) is 0. The second-order valence-electron chi connectivity index (χ2n) is 7.84. The molecule has 2 aromatic carbocycles. The van der Waals surface area contributed by atoms with Gasteiger partial charge < -0.3 is 9.51 Å². The van der Waals surface area contributed by atoms with Crippen LogP contribution in [-0.4, -0.2) is 33.1 Å². The fourth-order valence-corrected chi connectivity index (χ4v) is 4.38. The molecule has 0 bridgehead atoms. The van der Waals surface area contributed by atoms with E-state index < -0.39 is 0 Å². The van der Waals surface area contributed by atoms with Gasteiger partial charge in [-0.3, -0.25) is 4.90 Å². The molecule has 1 unspecified atom stereocenters. The van der Waals surface area contributed by atoms with Crippen molar-refractivity contribution in [1.29, 1.82) is 0 Å². The minimum absolute atomic E-state index is 0.471. The van der Waals surface area contributed by atoms with E-state index in [-0.39, 0.29) is 0 Å². The molecule has 2 aromatic heterocycles. The van der Waals surface area contributed by atoms with Gasteiger partial charge in [0.25, 0.3) is 0 Å². The van der Waals surface area contributed by atoms with Crippen LogP contribution in [-0.2, 0) is 6.42 Å². The summed E-state index contributed by atoms with van der Waals surface area (Å²) in [6.07, 6.45) is 5.62. The number of benzene rings is 2. The summed E-state index contributed by atoms with van der Waals surface area (Å²) in [5, 5.41) is 5.43. The SMILES string of the molecule is c1ccc(-c2noc(CCCN3CCCCC3c3cc4ccccc4[nH]3)n2)cc1. The van der Waals surface area contributed by atoms with Gasteiger partial charge in [-0.05, 0) is 49.9 Å². The zero-order chi connectivity index (χ0) is 19.5. The topological polar surface area (TPSA) is 58.0 Å². The van der Waals surface area contributed by atoms with Gasteiger partial charge in [-0.2, -0.15) is 4.98 Å². The standard InChI is InChI=1S/C24H26N4O/c1-2-9-18(10-3-1)24-26-23(29-27-24)14-8-16-28-15-7-6-13-22(28)21-17-19-11-4-5-12-20(19)25-21/h1-5,9-12,17,22,25H,6-8,13-16H2. The number of nitrogens with one attached hydrogen (secondary N) is 1. The highest BCUT2D eigenvalue weighted by Gasteiger charge is 2.25. The van der Waals surface area contributed by atoms with Crippen LogP contribution in [0.15, 0.2) is 65.2 Å². The van der Waals surface area contributed by atoms with Crippen molar-refractivity contribution in [3.63, 3.8) is 0 Å². The van der Waals surface area contributed by atoms with Crippen LogP contribution in [0.25, 0.3) is 22.3 Å².